The average molecular weight is 227 g/mol. The first-order valence-corrected chi connectivity index (χ1v) is 6.27. The van der Waals surface area contributed by atoms with E-state index in [0.717, 1.165) is 12.5 Å². The number of carboxylic acids is 1. The van der Waals surface area contributed by atoms with E-state index in [4.69, 9.17) is 9.84 Å². The van der Waals surface area contributed by atoms with Crippen LogP contribution in [-0.4, -0.2) is 47.8 Å². The van der Waals surface area contributed by atoms with Crippen molar-refractivity contribution in [1.29, 1.82) is 0 Å². The molecule has 0 aromatic heterocycles. The molecule has 1 aliphatic carbocycles. The summed E-state index contributed by atoms with van der Waals surface area (Å²) in [4.78, 5) is 13.2. The maximum Gasteiger partial charge on any atom is 0.334 e. The highest BCUT2D eigenvalue weighted by molar-refractivity contribution is 5.72. The fourth-order valence-corrected chi connectivity index (χ4v) is 2.93. The normalized spacial score (nSPS) is 30.4. The number of rotatable bonds is 3. The molecule has 0 amide bonds. The Hall–Kier alpha value is -0.610. The van der Waals surface area contributed by atoms with Gasteiger partial charge < -0.3 is 9.84 Å². The molecule has 0 spiro atoms. The van der Waals surface area contributed by atoms with Gasteiger partial charge >= 0.3 is 5.97 Å². The van der Waals surface area contributed by atoms with Crippen molar-refractivity contribution in [3.05, 3.63) is 0 Å². The Morgan fingerprint density at radius 1 is 1.44 bits per heavy atom. The maximum atomic E-state index is 10.9. The molecule has 1 heterocycles. The Labute approximate surface area is 96.6 Å². The Kier molecular flexibility index (Phi) is 3.82. The third-order valence-electron chi connectivity index (χ3n) is 4.03. The van der Waals surface area contributed by atoms with Crippen molar-refractivity contribution in [3.8, 4) is 0 Å². The number of carboxylic acid groups (broad SMARTS) is 1. The molecule has 2 rings (SSSR count). The summed E-state index contributed by atoms with van der Waals surface area (Å²) in [7, 11) is 0. The lowest BCUT2D eigenvalue weighted by atomic mass is 9.97. The smallest absolute Gasteiger partial charge is 0.334 e. The summed E-state index contributed by atoms with van der Waals surface area (Å²) in [5, 5.41) is 8.95. The van der Waals surface area contributed by atoms with Crippen LogP contribution < -0.4 is 0 Å². The van der Waals surface area contributed by atoms with E-state index < -0.39 is 12.1 Å². The van der Waals surface area contributed by atoms with E-state index in [0.29, 0.717) is 19.2 Å². The Morgan fingerprint density at radius 3 is 2.75 bits per heavy atom. The quantitative estimate of drug-likeness (QED) is 0.790. The SMILES string of the molecule is CC(C1CCCC1)N1CCOC(C(=O)O)C1. The first-order valence-electron chi connectivity index (χ1n) is 6.27. The van der Waals surface area contributed by atoms with E-state index in [2.05, 4.69) is 11.8 Å². The minimum Gasteiger partial charge on any atom is -0.479 e. The predicted molar refractivity (Wildman–Crippen MR) is 60.4 cm³/mol. The van der Waals surface area contributed by atoms with Gasteiger partial charge in [-0.2, -0.15) is 0 Å². The van der Waals surface area contributed by atoms with Gasteiger partial charge in [-0.15, -0.1) is 0 Å². The van der Waals surface area contributed by atoms with Crippen molar-refractivity contribution in [3.63, 3.8) is 0 Å². The van der Waals surface area contributed by atoms with Crippen molar-refractivity contribution in [2.45, 2.75) is 44.8 Å². The molecule has 4 nitrogen and oxygen atoms in total. The van der Waals surface area contributed by atoms with Crippen LogP contribution in [0.4, 0.5) is 0 Å². The van der Waals surface area contributed by atoms with Crippen LogP contribution in [-0.2, 0) is 9.53 Å². The molecule has 4 heteroatoms. The number of hydrogen-bond donors (Lipinski definition) is 1. The fourth-order valence-electron chi connectivity index (χ4n) is 2.93. The number of hydrogen-bond acceptors (Lipinski definition) is 3. The standard InChI is InChI=1S/C12H21NO3/c1-9(10-4-2-3-5-10)13-6-7-16-11(8-13)12(14)15/h9-11H,2-8H2,1H3,(H,14,15). The van der Waals surface area contributed by atoms with Gasteiger partial charge in [0, 0.05) is 19.1 Å². The molecule has 2 aliphatic rings. The number of nitrogens with zero attached hydrogens (tertiary/aromatic N) is 1. The second-order valence-electron chi connectivity index (χ2n) is 4.98. The second kappa shape index (κ2) is 5.15. The first-order chi connectivity index (χ1) is 7.68. The lowest BCUT2D eigenvalue weighted by Crippen LogP contribution is -2.51. The lowest BCUT2D eigenvalue weighted by Gasteiger charge is -2.37. The molecule has 2 unspecified atom stereocenters. The number of aliphatic carboxylic acids is 1. The van der Waals surface area contributed by atoms with E-state index in [1.165, 1.54) is 25.7 Å². The monoisotopic (exact) mass is 227 g/mol. The van der Waals surface area contributed by atoms with Crippen LogP contribution >= 0.6 is 0 Å². The molecule has 0 aromatic rings. The van der Waals surface area contributed by atoms with Gasteiger partial charge in [-0.25, -0.2) is 4.79 Å². The molecule has 92 valence electrons. The van der Waals surface area contributed by atoms with E-state index in [-0.39, 0.29) is 0 Å². The summed E-state index contributed by atoms with van der Waals surface area (Å²) >= 11 is 0. The van der Waals surface area contributed by atoms with E-state index in [9.17, 15) is 4.79 Å². The molecule has 2 fully saturated rings. The molecule has 1 N–H and O–H groups in total. The highest BCUT2D eigenvalue weighted by Gasteiger charge is 2.32. The highest BCUT2D eigenvalue weighted by atomic mass is 16.5. The van der Waals surface area contributed by atoms with Gasteiger partial charge in [0.1, 0.15) is 0 Å². The zero-order valence-electron chi connectivity index (χ0n) is 9.89. The number of morpholine rings is 1. The van der Waals surface area contributed by atoms with Crippen molar-refractivity contribution in [1.82, 2.24) is 4.90 Å². The second-order valence-corrected chi connectivity index (χ2v) is 4.98. The predicted octanol–water partition coefficient (Wildman–Crippen LogP) is 1.35. The minimum absolute atomic E-state index is 0.508. The third kappa shape index (κ3) is 2.55. The fraction of sp³-hybridized carbons (Fsp3) is 0.917. The van der Waals surface area contributed by atoms with Gasteiger partial charge in [0.25, 0.3) is 0 Å². The number of carbonyl (C=O) groups is 1. The third-order valence-corrected chi connectivity index (χ3v) is 4.03. The summed E-state index contributed by atoms with van der Waals surface area (Å²) in [6, 6.07) is 0.508. The van der Waals surface area contributed by atoms with Crippen LogP contribution in [0.2, 0.25) is 0 Å². The van der Waals surface area contributed by atoms with Crippen LogP contribution in [0.1, 0.15) is 32.6 Å². The topological polar surface area (TPSA) is 49.8 Å². The molecular formula is C12H21NO3. The van der Waals surface area contributed by atoms with Gasteiger partial charge in [0.05, 0.1) is 6.61 Å². The molecule has 1 saturated carbocycles. The van der Waals surface area contributed by atoms with Crippen molar-refractivity contribution in [2.75, 3.05) is 19.7 Å². The summed E-state index contributed by atoms with van der Waals surface area (Å²) in [6.45, 7) is 4.21. The molecule has 1 saturated heterocycles. The van der Waals surface area contributed by atoms with Crippen LogP contribution in [0.5, 0.6) is 0 Å². The van der Waals surface area contributed by atoms with E-state index in [1.807, 2.05) is 0 Å². The summed E-state index contributed by atoms with van der Waals surface area (Å²) in [5.74, 6) is -0.0733. The lowest BCUT2D eigenvalue weighted by molar-refractivity contribution is -0.157. The number of ether oxygens (including phenoxy) is 1. The largest absolute Gasteiger partial charge is 0.479 e. The van der Waals surface area contributed by atoms with Crippen LogP contribution in [0.3, 0.4) is 0 Å². The van der Waals surface area contributed by atoms with Gasteiger partial charge in [-0.05, 0) is 25.7 Å². The van der Waals surface area contributed by atoms with Crippen LogP contribution in [0.15, 0.2) is 0 Å². The summed E-state index contributed by atoms with van der Waals surface area (Å²) in [5.41, 5.74) is 0. The van der Waals surface area contributed by atoms with Crippen molar-refractivity contribution < 1.29 is 14.6 Å². The van der Waals surface area contributed by atoms with E-state index >= 15 is 0 Å². The Balaban J connectivity index is 1.90. The Bertz CT molecular complexity index is 251. The van der Waals surface area contributed by atoms with Gasteiger partial charge in [0.2, 0.25) is 0 Å². The van der Waals surface area contributed by atoms with Crippen LogP contribution in [0, 0.1) is 5.92 Å². The van der Waals surface area contributed by atoms with Gasteiger partial charge in [-0.1, -0.05) is 12.8 Å². The first kappa shape index (κ1) is 11.9. The highest BCUT2D eigenvalue weighted by Crippen LogP contribution is 2.30. The minimum atomic E-state index is -0.830. The van der Waals surface area contributed by atoms with Gasteiger partial charge in [-0.3, -0.25) is 4.90 Å². The molecule has 0 bridgehead atoms. The maximum absolute atomic E-state index is 10.9. The Morgan fingerprint density at radius 2 is 2.12 bits per heavy atom. The molecule has 16 heavy (non-hydrogen) atoms. The zero-order chi connectivity index (χ0) is 11.5. The van der Waals surface area contributed by atoms with Crippen LogP contribution in [0.25, 0.3) is 0 Å². The molecule has 0 radical (unpaired) electrons. The molecule has 1 aliphatic heterocycles. The van der Waals surface area contributed by atoms with Gasteiger partial charge in [0.15, 0.2) is 6.10 Å². The van der Waals surface area contributed by atoms with Crippen molar-refractivity contribution >= 4 is 5.97 Å². The summed E-state index contributed by atoms with van der Waals surface area (Å²) < 4.78 is 5.24. The summed E-state index contributed by atoms with van der Waals surface area (Å²) in [6.07, 6.45) is 4.65. The van der Waals surface area contributed by atoms with Crippen molar-refractivity contribution in [2.24, 2.45) is 5.92 Å². The average Bonchev–Trinajstić information content (AvgIpc) is 2.81. The zero-order valence-corrected chi connectivity index (χ0v) is 9.89. The molecular weight excluding hydrogens is 206 g/mol. The molecule has 2 atom stereocenters. The van der Waals surface area contributed by atoms with E-state index in [1.54, 1.807) is 0 Å². The molecule has 0 aromatic carbocycles.